The zero-order chi connectivity index (χ0) is 9.97. The predicted octanol–water partition coefficient (Wildman–Crippen LogP) is 3.98. The zero-order valence-corrected chi connectivity index (χ0v) is 9.48. The van der Waals surface area contributed by atoms with Crippen LogP contribution in [0.25, 0.3) is 0 Å². The minimum Gasteiger partial charge on any atom is -0.371 e. The Bertz CT molecular complexity index is 299. The third-order valence-electron chi connectivity index (χ3n) is 2.57. The lowest BCUT2D eigenvalue weighted by atomic mass is 10.1. The highest BCUT2D eigenvalue weighted by Gasteiger charge is 2.11. The molecule has 2 rings (SSSR count). The molecule has 0 N–H and O–H groups in total. The molecule has 76 valence electrons. The summed E-state index contributed by atoms with van der Waals surface area (Å²) in [6.07, 6.45) is 3.87. The molecule has 0 aromatic heterocycles. The van der Waals surface area contributed by atoms with Crippen LogP contribution in [0.2, 0.25) is 10.0 Å². The van der Waals surface area contributed by atoms with Gasteiger partial charge in [0, 0.05) is 28.8 Å². The molecule has 0 aliphatic carbocycles. The van der Waals surface area contributed by atoms with Crippen LogP contribution >= 0.6 is 23.2 Å². The Hall–Kier alpha value is -0.400. The summed E-state index contributed by atoms with van der Waals surface area (Å²) in [4.78, 5) is 2.35. The summed E-state index contributed by atoms with van der Waals surface area (Å²) in [5.74, 6) is 0. The average Bonchev–Trinajstić information content (AvgIpc) is 2.18. The van der Waals surface area contributed by atoms with Crippen molar-refractivity contribution in [3.8, 4) is 0 Å². The quantitative estimate of drug-likeness (QED) is 0.705. The fraction of sp³-hybridized carbons (Fsp3) is 0.455. The van der Waals surface area contributed by atoms with Crippen molar-refractivity contribution in [2.75, 3.05) is 18.0 Å². The van der Waals surface area contributed by atoms with E-state index in [1.54, 1.807) is 6.07 Å². The van der Waals surface area contributed by atoms with Crippen molar-refractivity contribution in [1.82, 2.24) is 0 Å². The summed E-state index contributed by atoms with van der Waals surface area (Å²) in [5.41, 5.74) is 1.15. The topological polar surface area (TPSA) is 3.24 Å². The van der Waals surface area contributed by atoms with Gasteiger partial charge < -0.3 is 4.90 Å². The van der Waals surface area contributed by atoms with Crippen LogP contribution in [0.15, 0.2) is 18.2 Å². The Balaban J connectivity index is 2.21. The number of halogens is 2. The molecule has 1 aromatic rings. The maximum atomic E-state index is 5.96. The standard InChI is InChI=1S/C11H13Cl2N/c12-9-6-10(13)8-11(7-9)14-4-2-1-3-5-14/h6-8H,1-5H2. The van der Waals surface area contributed by atoms with E-state index in [2.05, 4.69) is 4.90 Å². The number of hydrogen-bond donors (Lipinski definition) is 0. The van der Waals surface area contributed by atoms with Crippen molar-refractivity contribution in [3.05, 3.63) is 28.2 Å². The zero-order valence-electron chi connectivity index (χ0n) is 7.97. The molecular weight excluding hydrogens is 217 g/mol. The van der Waals surface area contributed by atoms with E-state index < -0.39 is 0 Å². The Morgan fingerprint density at radius 1 is 0.857 bits per heavy atom. The molecule has 0 unspecified atom stereocenters. The molecule has 0 saturated carbocycles. The van der Waals surface area contributed by atoms with Gasteiger partial charge in [-0.15, -0.1) is 0 Å². The van der Waals surface area contributed by atoms with E-state index in [4.69, 9.17) is 23.2 Å². The first-order chi connectivity index (χ1) is 6.75. The van der Waals surface area contributed by atoms with Crippen LogP contribution in [-0.4, -0.2) is 13.1 Å². The normalized spacial score (nSPS) is 17.1. The fourth-order valence-corrected chi connectivity index (χ4v) is 2.39. The fourth-order valence-electron chi connectivity index (χ4n) is 1.87. The maximum Gasteiger partial charge on any atom is 0.0441 e. The lowest BCUT2D eigenvalue weighted by Gasteiger charge is -2.29. The van der Waals surface area contributed by atoms with Gasteiger partial charge in [-0.05, 0) is 37.5 Å². The Morgan fingerprint density at radius 3 is 2.00 bits per heavy atom. The molecule has 1 aromatic carbocycles. The highest BCUT2D eigenvalue weighted by molar-refractivity contribution is 6.35. The molecule has 0 amide bonds. The number of anilines is 1. The molecule has 0 radical (unpaired) electrons. The van der Waals surface area contributed by atoms with Crippen LogP contribution in [0, 0.1) is 0 Å². The van der Waals surface area contributed by atoms with E-state index in [9.17, 15) is 0 Å². The van der Waals surface area contributed by atoms with Crippen molar-refractivity contribution >= 4 is 28.9 Å². The van der Waals surface area contributed by atoms with Gasteiger partial charge in [-0.2, -0.15) is 0 Å². The van der Waals surface area contributed by atoms with E-state index in [1.165, 1.54) is 19.3 Å². The van der Waals surface area contributed by atoms with Gasteiger partial charge in [-0.25, -0.2) is 0 Å². The summed E-state index contributed by atoms with van der Waals surface area (Å²) in [6.45, 7) is 2.24. The summed E-state index contributed by atoms with van der Waals surface area (Å²) in [7, 11) is 0. The molecule has 1 saturated heterocycles. The number of piperidine rings is 1. The van der Waals surface area contributed by atoms with Gasteiger partial charge in [0.2, 0.25) is 0 Å². The minimum atomic E-state index is 0.720. The lowest BCUT2D eigenvalue weighted by Crippen LogP contribution is -2.29. The number of rotatable bonds is 1. The number of nitrogens with zero attached hydrogens (tertiary/aromatic N) is 1. The van der Waals surface area contributed by atoms with Crippen LogP contribution in [-0.2, 0) is 0 Å². The van der Waals surface area contributed by atoms with Gasteiger partial charge in [0.05, 0.1) is 0 Å². The van der Waals surface area contributed by atoms with E-state index >= 15 is 0 Å². The van der Waals surface area contributed by atoms with Crippen molar-refractivity contribution in [3.63, 3.8) is 0 Å². The summed E-state index contributed by atoms with van der Waals surface area (Å²) in [6, 6.07) is 5.74. The van der Waals surface area contributed by atoms with Crippen molar-refractivity contribution < 1.29 is 0 Å². The maximum absolute atomic E-state index is 5.96. The second kappa shape index (κ2) is 4.41. The molecule has 1 heterocycles. The van der Waals surface area contributed by atoms with E-state index in [-0.39, 0.29) is 0 Å². The SMILES string of the molecule is Clc1cc(Cl)cc(N2CCCCC2)c1. The first-order valence-electron chi connectivity index (χ1n) is 4.97. The molecule has 0 spiro atoms. The molecule has 3 heteroatoms. The van der Waals surface area contributed by atoms with Gasteiger partial charge in [0.15, 0.2) is 0 Å². The van der Waals surface area contributed by atoms with Crippen LogP contribution in [0.1, 0.15) is 19.3 Å². The van der Waals surface area contributed by atoms with Crippen molar-refractivity contribution in [2.24, 2.45) is 0 Å². The Kier molecular flexibility index (Phi) is 3.19. The van der Waals surface area contributed by atoms with Crippen LogP contribution < -0.4 is 4.90 Å². The van der Waals surface area contributed by atoms with Gasteiger partial charge >= 0.3 is 0 Å². The van der Waals surface area contributed by atoms with E-state index in [0.29, 0.717) is 0 Å². The van der Waals surface area contributed by atoms with Gasteiger partial charge in [0.25, 0.3) is 0 Å². The third kappa shape index (κ3) is 2.34. The average molecular weight is 230 g/mol. The summed E-state index contributed by atoms with van der Waals surface area (Å²) < 4.78 is 0. The molecular formula is C11H13Cl2N. The minimum absolute atomic E-state index is 0.720. The smallest absolute Gasteiger partial charge is 0.0441 e. The van der Waals surface area contributed by atoms with E-state index in [1.807, 2.05) is 12.1 Å². The van der Waals surface area contributed by atoms with Gasteiger partial charge in [0.1, 0.15) is 0 Å². The molecule has 1 nitrogen and oxygen atoms in total. The largest absolute Gasteiger partial charge is 0.371 e. The van der Waals surface area contributed by atoms with E-state index in [0.717, 1.165) is 28.8 Å². The van der Waals surface area contributed by atoms with Gasteiger partial charge in [-0.1, -0.05) is 23.2 Å². The number of benzene rings is 1. The molecule has 1 fully saturated rings. The third-order valence-corrected chi connectivity index (χ3v) is 3.00. The molecule has 14 heavy (non-hydrogen) atoms. The van der Waals surface area contributed by atoms with Crippen LogP contribution in [0.5, 0.6) is 0 Å². The second-order valence-electron chi connectivity index (χ2n) is 3.68. The molecule has 1 aliphatic heterocycles. The summed E-state index contributed by atoms with van der Waals surface area (Å²) in [5, 5.41) is 1.44. The second-order valence-corrected chi connectivity index (χ2v) is 4.55. The first kappa shape index (κ1) is 10.1. The van der Waals surface area contributed by atoms with Crippen LogP contribution in [0.3, 0.4) is 0 Å². The summed E-state index contributed by atoms with van der Waals surface area (Å²) >= 11 is 11.9. The number of hydrogen-bond acceptors (Lipinski definition) is 1. The highest BCUT2D eigenvalue weighted by atomic mass is 35.5. The van der Waals surface area contributed by atoms with Crippen LogP contribution in [0.4, 0.5) is 5.69 Å². The van der Waals surface area contributed by atoms with Crippen molar-refractivity contribution in [2.45, 2.75) is 19.3 Å². The predicted molar refractivity (Wildman–Crippen MR) is 62.5 cm³/mol. The first-order valence-corrected chi connectivity index (χ1v) is 5.72. The Labute approximate surface area is 94.6 Å². The molecule has 0 atom stereocenters. The monoisotopic (exact) mass is 229 g/mol. The van der Waals surface area contributed by atoms with Gasteiger partial charge in [-0.3, -0.25) is 0 Å². The van der Waals surface area contributed by atoms with Crippen molar-refractivity contribution in [1.29, 1.82) is 0 Å². The lowest BCUT2D eigenvalue weighted by molar-refractivity contribution is 0.578. The molecule has 1 aliphatic rings. The highest BCUT2D eigenvalue weighted by Crippen LogP contribution is 2.27. The Morgan fingerprint density at radius 2 is 1.43 bits per heavy atom. The molecule has 0 bridgehead atoms.